The number of nitrogens with zero attached hydrogens (tertiary/aromatic N) is 1. The van der Waals surface area contributed by atoms with Crippen LogP contribution in [0.1, 0.15) is 25.7 Å². The van der Waals surface area contributed by atoms with E-state index in [0.29, 0.717) is 12.1 Å². The fraction of sp³-hybridized carbons (Fsp3) is 0.500. The fourth-order valence-corrected chi connectivity index (χ4v) is 3.36. The van der Waals surface area contributed by atoms with Gasteiger partial charge in [-0.1, -0.05) is 0 Å². The van der Waals surface area contributed by atoms with Crippen molar-refractivity contribution in [3.63, 3.8) is 0 Å². The fourth-order valence-electron chi connectivity index (χ4n) is 2.66. The molecule has 1 fully saturated rings. The molecule has 1 aromatic carbocycles. The Kier molecular flexibility index (Phi) is 3.66. The zero-order valence-corrected chi connectivity index (χ0v) is 11.9. The van der Waals surface area contributed by atoms with E-state index in [1.165, 1.54) is 4.90 Å². The van der Waals surface area contributed by atoms with Crippen LogP contribution >= 0.6 is 11.8 Å². The highest BCUT2D eigenvalue weighted by Crippen LogP contribution is 2.36. The predicted molar refractivity (Wildman–Crippen MR) is 78.7 cm³/mol. The first-order valence-electron chi connectivity index (χ1n) is 6.70. The summed E-state index contributed by atoms with van der Waals surface area (Å²) in [5.74, 6) is 0.974. The summed E-state index contributed by atoms with van der Waals surface area (Å²) in [5.41, 5.74) is 6.99. The number of benzene rings is 1. The summed E-state index contributed by atoms with van der Waals surface area (Å²) in [5, 5.41) is 8.23. The van der Waals surface area contributed by atoms with Crippen LogP contribution in [0, 0.1) is 0 Å². The Balaban J connectivity index is 1.84. The van der Waals surface area contributed by atoms with E-state index in [4.69, 9.17) is 10.5 Å². The highest BCUT2D eigenvalue weighted by atomic mass is 32.2. The average Bonchev–Trinajstić information content (AvgIpc) is 2.89. The number of aromatic amines is 1. The Labute approximate surface area is 117 Å². The van der Waals surface area contributed by atoms with Crippen molar-refractivity contribution in [1.82, 2.24) is 10.2 Å². The summed E-state index contributed by atoms with van der Waals surface area (Å²) in [6.07, 6.45) is 8.48. The Morgan fingerprint density at radius 2 is 2.11 bits per heavy atom. The second-order valence-electron chi connectivity index (χ2n) is 5.08. The third-order valence-electron chi connectivity index (χ3n) is 3.76. The molecule has 0 bridgehead atoms. The van der Waals surface area contributed by atoms with E-state index < -0.39 is 0 Å². The number of nitrogens with two attached hydrogens (primary N) is 1. The van der Waals surface area contributed by atoms with E-state index in [0.717, 1.165) is 42.3 Å². The number of fused-ring (bicyclic) bond motifs is 1. The van der Waals surface area contributed by atoms with E-state index in [1.54, 1.807) is 11.8 Å². The van der Waals surface area contributed by atoms with Crippen LogP contribution in [-0.2, 0) is 0 Å². The van der Waals surface area contributed by atoms with E-state index in [-0.39, 0.29) is 0 Å². The molecule has 0 amide bonds. The molecule has 1 aliphatic carbocycles. The van der Waals surface area contributed by atoms with Crippen LogP contribution in [0.25, 0.3) is 10.9 Å². The highest BCUT2D eigenvalue weighted by molar-refractivity contribution is 7.99. The quantitative estimate of drug-likeness (QED) is 0.847. The van der Waals surface area contributed by atoms with Crippen LogP contribution in [0.2, 0.25) is 0 Å². The minimum absolute atomic E-state index is 0.301. The zero-order chi connectivity index (χ0) is 13.2. The third-order valence-corrected chi connectivity index (χ3v) is 4.58. The first kappa shape index (κ1) is 12.8. The SMILES string of the molecule is CSc1c(O[C@H]2CC[C@H](N)CC2)ccc2[nH]ncc12. The lowest BCUT2D eigenvalue weighted by atomic mass is 9.94. The van der Waals surface area contributed by atoms with Crippen molar-refractivity contribution in [2.45, 2.75) is 42.7 Å². The van der Waals surface area contributed by atoms with E-state index in [2.05, 4.69) is 16.5 Å². The lowest BCUT2D eigenvalue weighted by Gasteiger charge is -2.27. The molecule has 0 spiro atoms. The normalized spacial score (nSPS) is 23.7. The number of aromatic nitrogens is 2. The largest absolute Gasteiger partial charge is 0.489 e. The molecular formula is C14H19N3OS. The first-order chi connectivity index (χ1) is 9.28. The second kappa shape index (κ2) is 5.43. The maximum absolute atomic E-state index is 6.19. The molecule has 5 heteroatoms. The lowest BCUT2D eigenvalue weighted by molar-refractivity contribution is 0.144. The van der Waals surface area contributed by atoms with Gasteiger partial charge in [0, 0.05) is 11.4 Å². The van der Waals surface area contributed by atoms with E-state index in [1.807, 2.05) is 18.3 Å². The topological polar surface area (TPSA) is 63.9 Å². The first-order valence-corrected chi connectivity index (χ1v) is 7.92. The smallest absolute Gasteiger partial charge is 0.134 e. The Morgan fingerprint density at radius 3 is 2.84 bits per heavy atom. The number of ether oxygens (including phenoxy) is 1. The zero-order valence-electron chi connectivity index (χ0n) is 11.1. The van der Waals surface area contributed by atoms with Crippen molar-refractivity contribution < 1.29 is 4.74 Å². The van der Waals surface area contributed by atoms with Gasteiger partial charge in [-0.3, -0.25) is 5.10 Å². The number of hydrogen-bond acceptors (Lipinski definition) is 4. The minimum Gasteiger partial charge on any atom is -0.489 e. The lowest BCUT2D eigenvalue weighted by Crippen LogP contribution is -2.31. The molecule has 102 valence electrons. The van der Waals surface area contributed by atoms with Crippen molar-refractivity contribution in [1.29, 1.82) is 0 Å². The third kappa shape index (κ3) is 2.58. The van der Waals surface area contributed by atoms with Gasteiger partial charge in [-0.15, -0.1) is 11.8 Å². The van der Waals surface area contributed by atoms with Crippen molar-refractivity contribution in [2.24, 2.45) is 5.73 Å². The minimum atomic E-state index is 0.301. The van der Waals surface area contributed by atoms with Gasteiger partial charge in [-0.05, 0) is 44.1 Å². The van der Waals surface area contributed by atoms with Gasteiger partial charge < -0.3 is 10.5 Å². The van der Waals surface area contributed by atoms with Crippen molar-refractivity contribution >= 4 is 22.7 Å². The summed E-state index contributed by atoms with van der Waals surface area (Å²) in [4.78, 5) is 1.17. The molecule has 3 N–H and O–H groups in total. The van der Waals surface area contributed by atoms with Crippen LogP contribution in [0.4, 0.5) is 0 Å². The summed E-state index contributed by atoms with van der Waals surface area (Å²) in [6.45, 7) is 0. The van der Waals surface area contributed by atoms with Gasteiger partial charge in [0.25, 0.3) is 0 Å². The second-order valence-corrected chi connectivity index (χ2v) is 5.90. The van der Waals surface area contributed by atoms with Gasteiger partial charge in [0.2, 0.25) is 0 Å². The highest BCUT2D eigenvalue weighted by Gasteiger charge is 2.21. The molecule has 0 atom stereocenters. The summed E-state index contributed by atoms with van der Waals surface area (Å²) < 4.78 is 6.19. The van der Waals surface area contributed by atoms with Gasteiger partial charge >= 0.3 is 0 Å². The van der Waals surface area contributed by atoms with Gasteiger partial charge in [0.1, 0.15) is 5.75 Å². The maximum atomic E-state index is 6.19. The van der Waals surface area contributed by atoms with Crippen LogP contribution in [-0.4, -0.2) is 28.6 Å². The monoisotopic (exact) mass is 277 g/mol. The van der Waals surface area contributed by atoms with Crippen LogP contribution in [0.3, 0.4) is 0 Å². The van der Waals surface area contributed by atoms with Gasteiger partial charge in [-0.25, -0.2) is 0 Å². The Hall–Kier alpha value is -1.20. The van der Waals surface area contributed by atoms with Crippen LogP contribution in [0.5, 0.6) is 5.75 Å². The van der Waals surface area contributed by atoms with Gasteiger partial charge in [-0.2, -0.15) is 5.10 Å². The van der Waals surface area contributed by atoms with Gasteiger partial charge in [0.05, 0.1) is 22.7 Å². The number of hydrogen-bond donors (Lipinski definition) is 2. The number of rotatable bonds is 3. The molecule has 0 saturated heterocycles. The average molecular weight is 277 g/mol. The van der Waals surface area contributed by atoms with E-state index in [9.17, 15) is 0 Å². The van der Waals surface area contributed by atoms with Crippen molar-refractivity contribution in [3.05, 3.63) is 18.3 Å². The number of nitrogens with one attached hydrogen (secondary N) is 1. The molecule has 1 heterocycles. The molecule has 3 rings (SSSR count). The summed E-state index contributed by atoms with van der Waals surface area (Å²) in [7, 11) is 0. The van der Waals surface area contributed by atoms with Gasteiger partial charge in [0.15, 0.2) is 0 Å². The molecule has 4 nitrogen and oxygen atoms in total. The van der Waals surface area contributed by atoms with Crippen LogP contribution < -0.4 is 10.5 Å². The van der Waals surface area contributed by atoms with Crippen LogP contribution in [0.15, 0.2) is 23.2 Å². The molecule has 1 aliphatic rings. The molecule has 19 heavy (non-hydrogen) atoms. The molecule has 0 radical (unpaired) electrons. The predicted octanol–water partition coefficient (Wildman–Crippen LogP) is 2.93. The molecule has 1 saturated carbocycles. The summed E-state index contributed by atoms with van der Waals surface area (Å²) >= 11 is 1.71. The molecule has 0 unspecified atom stereocenters. The molecular weight excluding hydrogens is 258 g/mol. The number of H-pyrrole nitrogens is 1. The standard InChI is InChI=1S/C14H19N3OS/c1-19-14-11-8-16-17-12(11)6-7-13(14)18-10-4-2-9(15)3-5-10/h6-10H,2-5,15H2,1H3,(H,16,17)/t9-,10-. The van der Waals surface area contributed by atoms with Crippen molar-refractivity contribution in [2.75, 3.05) is 6.26 Å². The molecule has 1 aromatic heterocycles. The Bertz CT molecular complexity index is 561. The van der Waals surface area contributed by atoms with Crippen molar-refractivity contribution in [3.8, 4) is 5.75 Å². The van der Waals surface area contributed by atoms with E-state index >= 15 is 0 Å². The molecule has 0 aliphatic heterocycles. The maximum Gasteiger partial charge on any atom is 0.134 e. The summed E-state index contributed by atoms with van der Waals surface area (Å²) in [6, 6.07) is 4.43. The molecule has 2 aromatic rings. The number of thioether (sulfide) groups is 1. The Morgan fingerprint density at radius 1 is 1.32 bits per heavy atom.